The minimum absolute atomic E-state index is 0. The van der Waals surface area contributed by atoms with E-state index >= 15 is 0 Å². The maximum Gasteiger partial charge on any atom is -0.0000330 e. The first-order valence-electron chi connectivity index (χ1n) is 1.13. The molecule has 0 atom stereocenters. The SMILES string of the molecule is CC=CCl.[SiH4]. The van der Waals surface area contributed by atoms with E-state index in [2.05, 4.69) is 0 Å². The van der Waals surface area contributed by atoms with Crippen LogP contribution in [0.4, 0.5) is 0 Å². The highest BCUT2D eigenvalue weighted by atomic mass is 35.5. The molecular weight excluding hydrogens is 99.6 g/mol. The molecule has 0 radical (unpaired) electrons. The molecule has 0 aromatic rings. The Kier molecular flexibility index (Phi) is 15.9. The van der Waals surface area contributed by atoms with Crippen LogP contribution in [0.15, 0.2) is 11.6 Å². The zero-order chi connectivity index (χ0) is 3.41. The van der Waals surface area contributed by atoms with E-state index in [0.29, 0.717) is 0 Å². The van der Waals surface area contributed by atoms with Crippen LogP contribution in [0.5, 0.6) is 0 Å². The average molecular weight is 109 g/mol. The van der Waals surface area contributed by atoms with E-state index in [1.165, 1.54) is 5.54 Å². The molecule has 0 saturated heterocycles. The van der Waals surface area contributed by atoms with E-state index in [0.717, 1.165) is 0 Å². The summed E-state index contributed by atoms with van der Waals surface area (Å²) in [5.41, 5.74) is 1.47. The van der Waals surface area contributed by atoms with E-state index in [-0.39, 0.29) is 11.0 Å². The Hall–Kier alpha value is 0.247. The van der Waals surface area contributed by atoms with Crippen LogP contribution in [0.3, 0.4) is 0 Å². The molecule has 0 aliphatic rings. The number of allylic oxidation sites excluding steroid dienone is 1. The summed E-state index contributed by atoms with van der Waals surface area (Å²) in [6.45, 7) is 1.87. The number of hydrogen-bond acceptors (Lipinski definition) is 0. The molecular formula is C3H9ClSi. The van der Waals surface area contributed by atoms with Crippen LogP contribution >= 0.6 is 11.6 Å². The van der Waals surface area contributed by atoms with Gasteiger partial charge in [0.15, 0.2) is 0 Å². The van der Waals surface area contributed by atoms with Gasteiger partial charge in [-0.15, -0.1) is 0 Å². The van der Waals surface area contributed by atoms with Crippen molar-refractivity contribution in [2.45, 2.75) is 6.92 Å². The Labute approximate surface area is 41.9 Å². The lowest BCUT2D eigenvalue weighted by atomic mass is 10.8. The maximum atomic E-state index is 5.01. The molecule has 0 saturated carbocycles. The Morgan fingerprint density at radius 1 is 1.60 bits per heavy atom. The average Bonchev–Trinajstić information content (AvgIpc) is 1.37. The van der Waals surface area contributed by atoms with Gasteiger partial charge in [0.25, 0.3) is 0 Å². The van der Waals surface area contributed by atoms with Gasteiger partial charge in [-0.05, 0) is 23.4 Å². The zero-order valence-corrected chi connectivity index (χ0v) is 3.29. The van der Waals surface area contributed by atoms with Crippen molar-refractivity contribution in [3.05, 3.63) is 11.6 Å². The molecule has 0 aromatic carbocycles. The van der Waals surface area contributed by atoms with Crippen LogP contribution < -0.4 is 0 Å². The van der Waals surface area contributed by atoms with Gasteiger partial charge in [-0.1, -0.05) is 17.7 Å². The lowest BCUT2D eigenvalue weighted by Crippen LogP contribution is -1.20. The van der Waals surface area contributed by atoms with Crippen molar-refractivity contribution in [2.75, 3.05) is 0 Å². The zero-order valence-electron chi connectivity index (χ0n) is 2.53. The van der Waals surface area contributed by atoms with Gasteiger partial charge >= 0.3 is 0 Å². The third-order valence-corrected chi connectivity index (χ3v) is 0.378. The fourth-order valence-corrected chi connectivity index (χ4v) is 0. The van der Waals surface area contributed by atoms with Gasteiger partial charge in [-0.2, -0.15) is 0 Å². The smallest absolute Gasteiger partial charge is 0.0000330 e. The summed E-state index contributed by atoms with van der Waals surface area (Å²) in [4.78, 5) is 0. The molecule has 0 unspecified atom stereocenters. The van der Waals surface area contributed by atoms with E-state index in [9.17, 15) is 0 Å². The molecule has 0 bridgehead atoms. The van der Waals surface area contributed by atoms with Crippen LogP contribution in [-0.2, 0) is 0 Å². The molecule has 0 spiro atoms. The lowest BCUT2D eigenvalue weighted by molar-refractivity contribution is 1.78. The highest BCUT2D eigenvalue weighted by Gasteiger charge is 1.37. The van der Waals surface area contributed by atoms with E-state index < -0.39 is 0 Å². The van der Waals surface area contributed by atoms with Gasteiger partial charge in [0, 0.05) is 0 Å². The molecule has 0 heterocycles. The topological polar surface area (TPSA) is 0 Å². The molecule has 2 heteroatoms. The Bertz CT molecular complexity index is 22.1. The van der Waals surface area contributed by atoms with Crippen LogP contribution in [0.25, 0.3) is 0 Å². The van der Waals surface area contributed by atoms with Crippen molar-refractivity contribution >= 4 is 22.6 Å². The van der Waals surface area contributed by atoms with Crippen molar-refractivity contribution in [3.8, 4) is 0 Å². The van der Waals surface area contributed by atoms with Gasteiger partial charge in [0.1, 0.15) is 0 Å². The standard InChI is InChI=1S/C3H5Cl.H4Si/c1-2-3-4;/h2-3H,1H3;1H4. The van der Waals surface area contributed by atoms with Crippen molar-refractivity contribution in [1.82, 2.24) is 0 Å². The first kappa shape index (κ1) is 8.98. The van der Waals surface area contributed by atoms with Gasteiger partial charge in [-0.3, -0.25) is 0 Å². The summed E-state index contributed by atoms with van der Waals surface area (Å²) in [7, 11) is 0. The Balaban J connectivity index is 0. The highest BCUT2D eigenvalue weighted by molar-refractivity contribution is 6.25. The largest absolute Gasteiger partial charge is 0.0933 e. The third kappa shape index (κ3) is 13.8. The number of rotatable bonds is 0. The molecule has 0 N–H and O–H groups in total. The minimum Gasteiger partial charge on any atom is -0.0933 e. The van der Waals surface area contributed by atoms with E-state index in [1.54, 1.807) is 6.08 Å². The van der Waals surface area contributed by atoms with Crippen molar-refractivity contribution in [2.24, 2.45) is 0 Å². The van der Waals surface area contributed by atoms with E-state index in [1.807, 2.05) is 6.92 Å². The van der Waals surface area contributed by atoms with Gasteiger partial charge in [-0.25, -0.2) is 0 Å². The van der Waals surface area contributed by atoms with Gasteiger partial charge < -0.3 is 0 Å². The monoisotopic (exact) mass is 108 g/mol. The van der Waals surface area contributed by atoms with Crippen LogP contribution in [0.2, 0.25) is 0 Å². The first-order chi connectivity index (χ1) is 1.91. The summed E-state index contributed by atoms with van der Waals surface area (Å²) in [5.74, 6) is 0. The van der Waals surface area contributed by atoms with Crippen LogP contribution in [0, 0.1) is 0 Å². The fraction of sp³-hybridized carbons (Fsp3) is 0.333. The summed E-state index contributed by atoms with van der Waals surface area (Å²) < 4.78 is 0. The summed E-state index contributed by atoms with van der Waals surface area (Å²) in [6, 6.07) is 0. The molecule has 0 nitrogen and oxygen atoms in total. The summed E-state index contributed by atoms with van der Waals surface area (Å²) in [5, 5.41) is 0. The predicted molar refractivity (Wildman–Crippen MR) is 32.0 cm³/mol. The Morgan fingerprint density at radius 3 is 1.80 bits per heavy atom. The molecule has 32 valence electrons. The summed E-state index contributed by atoms with van der Waals surface area (Å²) >= 11 is 5.01. The molecule has 0 aromatic heterocycles. The first-order valence-corrected chi connectivity index (χ1v) is 1.57. The second-order valence-electron chi connectivity index (χ2n) is 0.459. The lowest BCUT2D eigenvalue weighted by Gasteiger charge is -1.46. The fourth-order valence-electron chi connectivity index (χ4n) is 0. The minimum atomic E-state index is 0. The Morgan fingerprint density at radius 2 is 1.80 bits per heavy atom. The second-order valence-corrected chi connectivity index (χ2v) is 0.711. The number of halogens is 1. The van der Waals surface area contributed by atoms with Crippen molar-refractivity contribution in [1.29, 1.82) is 0 Å². The number of hydrogen-bond donors (Lipinski definition) is 0. The normalized spacial score (nSPS) is 7.60. The van der Waals surface area contributed by atoms with Crippen molar-refractivity contribution in [3.63, 3.8) is 0 Å². The molecule has 0 aliphatic carbocycles. The van der Waals surface area contributed by atoms with Gasteiger partial charge in [0.05, 0.1) is 0 Å². The van der Waals surface area contributed by atoms with Crippen LogP contribution in [0.1, 0.15) is 6.92 Å². The van der Waals surface area contributed by atoms with Crippen molar-refractivity contribution < 1.29 is 0 Å². The van der Waals surface area contributed by atoms with Crippen LogP contribution in [-0.4, -0.2) is 11.0 Å². The highest BCUT2D eigenvalue weighted by Crippen LogP contribution is 1.70. The molecule has 0 fully saturated rings. The maximum absolute atomic E-state index is 5.01. The third-order valence-electron chi connectivity index (χ3n) is 0.126. The quantitative estimate of drug-likeness (QED) is 0.392. The molecule has 0 rings (SSSR count). The summed E-state index contributed by atoms with van der Waals surface area (Å²) in [6.07, 6.45) is 1.77. The molecule has 0 amide bonds. The second kappa shape index (κ2) is 8.87. The molecule has 0 aliphatic heterocycles. The van der Waals surface area contributed by atoms with Gasteiger partial charge in [0.2, 0.25) is 0 Å². The van der Waals surface area contributed by atoms with E-state index in [4.69, 9.17) is 11.6 Å². The molecule has 5 heavy (non-hydrogen) atoms. The predicted octanol–water partition coefficient (Wildman–Crippen LogP) is 0.307.